The molecule has 2 aromatic rings. The first-order valence-electron chi connectivity index (χ1n) is 5.77. The second kappa shape index (κ2) is 5.17. The van der Waals surface area contributed by atoms with Crippen LogP contribution in [0.15, 0.2) is 29.2 Å². The number of carbonyl (C=O) groups is 1. The topological polar surface area (TPSA) is 101 Å². The molecular formula is C12H12FN3O4S. The molecule has 1 aromatic heterocycles. The van der Waals surface area contributed by atoms with Crippen LogP contribution in [0.5, 0.6) is 0 Å². The largest absolute Gasteiger partial charge is 0.478 e. The fourth-order valence-corrected chi connectivity index (χ4v) is 2.89. The zero-order chi connectivity index (χ0) is 15.8. The Hall–Kier alpha value is -2.42. The lowest BCUT2D eigenvalue weighted by Crippen LogP contribution is -2.17. The number of hydrogen-bond acceptors (Lipinski definition) is 4. The predicted octanol–water partition coefficient (Wildman–Crippen LogP) is 1.37. The summed E-state index contributed by atoms with van der Waals surface area (Å²) in [4.78, 5) is 10.1. The van der Waals surface area contributed by atoms with Crippen molar-refractivity contribution in [3.63, 3.8) is 0 Å². The minimum Gasteiger partial charge on any atom is -0.478 e. The molecule has 0 saturated carbocycles. The molecular weight excluding hydrogens is 301 g/mol. The van der Waals surface area contributed by atoms with Crippen LogP contribution in [-0.2, 0) is 17.1 Å². The lowest BCUT2D eigenvalue weighted by atomic mass is 10.2. The lowest BCUT2D eigenvalue weighted by molar-refractivity contribution is 0.0696. The van der Waals surface area contributed by atoms with Gasteiger partial charge in [-0.2, -0.15) is 5.10 Å². The number of aromatic carboxylic acids is 1. The maximum Gasteiger partial charge on any atom is 0.335 e. The standard InChI is InChI=1S/C12H12FN3O4S/c1-7-5-11(16(2)14-7)15-21(19,20)10-4-3-8(12(17)18)6-9(10)13/h3-6,15H,1-2H3,(H,17,18). The Morgan fingerprint density at radius 3 is 2.52 bits per heavy atom. The van der Waals surface area contributed by atoms with E-state index in [0.717, 1.165) is 12.1 Å². The van der Waals surface area contributed by atoms with Crippen LogP contribution >= 0.6 is 0 Å². The number of carboxylic acid groups (broad SMARTS) is 1. The molecule has 0 amide bonds. The molecule has 0 aliphatic rings. The Morgan fingerprint density at radius 2 is 2.05 bits per heavy atom. The van der Waals surface area contributed by atoms with Gasteiger partial charge >= 0.3 is 5.97 Å². The quantitative estimate of drug-likeness (QED) is 0.887. The SMILES string of the molecule is Cc1cc(NS(=O)(=O)c2ccc(C(=O)O)cc2F)n(C)n1. The molecule has 21 heavy (non-hydrogen) atoms. The number of carboxylic acids is 1. The van der Waals surface area contributed by atoms with E-state index in [1.807, 2.05) is 0 Å². The third-order valence-corrected chi connectivity index (χ3v) is 4.10. The number of sulfonamides is 1. The van der Waals surface area contributed by atoms with Crippen LogP contribution in [0.3, 0.4) is 0 Å². The van der Waals surface area contributed by atoms with Crippen LogP contribution in [0.1, 0.15) is 16.1 Å². The molecule has 7 nitrogen and oxygen atoms in total. The summed E-state index contributed by atoms with van der Waals surface area (Å²) in [5.41, 5.74) is 0.264. The molecule has 0 bridgehead atoms. The van der Waals surface area contributed by atoms with Gasteiger partial charge in [-0.3, -0.25) is 9.40 Å². The summed E-state index contributed by atoms with van der Waals surface area (Å²) in [6, 6.07) is 4.07. The van der Waals surface area contributed by atoms with E-state index < -0.39 is 26.7 Å². The molecule has 2 N–H and O–H groups in total. The van der Waals surface area contributed by atoms with Crippen LogP contribution in [0.4, 0.5) is 10.2 Å². The van der Waals surface area contributed by atoms with Crippen molar-refractivity contribution in [1.82, 2.24) is 9.78 Å². The summed E-state index contributed by atoms with van der Waals surface area (Å²) in [6.07, 6.45) is 0. The Balaban J connectivity index is 2.40. The van der Waals surface area contributed by atoms with E-state index in [0.29, 0.717) is 11.8 Å². The van der Waals surface area contributed by atoms with E-state index in [1.54, 1.807) is 6.92 Å². The van der Waals surface area contributed by atoms with E-state index in [1.165, 1.54) is 17.8 Å². The van der Waals surface area contributed by atoms with E-state index in [9.17, 15) is 17.6 Å². The van der Waals surface area contributed by atoms with Gasteiger partial charge in [0, 0.05) is 13.1 Å². The third kappa shape index (κ3) is 3.02. The van der Waals surface area contributed by atoms with Crippen molar-refractivity contribution in [1.29, 1.82) is 0 Å². The van der Waals surface area contributed by atoms with Crippen molar-refractivity contribution in [2.45, 2.75) is 11.8 Å². The molecule has 0 radical (unpaired) electrons. The van der Waals surface area contributed by atoms with Gasteiger partial charge in [-0.1, -0.05) is 0 Å². The number of rotatable bonds is 4. The summed E-state index contributed by atoms with van der Waals surface area (Å²) in [5.74, 6) is -2.30. The molecule has 0 atom stereocenters. The number of benzene rings is 1. The maximum absolute atomic E-state index is 13.8. The highest BCUT2D eigenvalue weighted by atomic mass is 32.2. The van der Waals surface area contributed by atoms with Crippen LogP contribution in [-0.4, -0.2) is 29.3 Å². The highest BCUT2D eigenvalue weighted by Gasteiger charge is 2.22. The first-order chi connectivity index (χ1) is 9.70. The number of nitrogens with zero attached hydrogens (tertiary/aromatic N) is 2. The summed E-state index contributed by atoms with van der Waals surface area (Å²) in [6.45, 7) is 1.68. The maximum atomic E-state index is 13.8. The first kappa shape index (κ1) is 15.0. The van der Waals surface area contributed by atoms with Crippen molar-refractivity contribution in [2.75, 3.05) is 4.72 Å². The van der Waals surface area contributed by atoms with Gasteiger partial charge in [0.2, 0.25) is 0 Å². The zero-order valence-corrected chi connectivity index (χ0v) is 12.0. The highest BCUT2D eigenvalue weighted by molar-refractivity contribution is 7.92. The second-order valence-corrected chi connectivity index (χ2v) is 6.00. The second-order valence-electron chi connectivity index (χ2n) is 4.35. The Morgan fingerprint density at radius 1 is 1.38 bits per heavy atom. The minimum absolute atomic E-state index is 0.175. The molecule has 0 aliphatic carbocycles. The predicted molar refractivity (Wildman–Crippen MR) is 72.1 cm³/mol. The summed E-state index contributed by atoms with van der Waals surface area (Å²) < 4.78 is 41.6. The number of aromatic nitrogens is 2. The Kier molecular flexibility index (Phi) is 3.69. The number of halogens is 1. The molecule has 0 aliphatic heterocycles. The van der Waals surface area contributed by atoms with Gasteiger partial charge < -0.3 is 5.11 Å². The van der Waals surface area contributed by atoms with Gasteiger partial charge in [0.15, 0.2) is 0 Å². The number of aryl methyl sites for hydroxylation is 2. The van der Waals surface area contributed by atoms with Crippen molar-refractivity contribution < 1.29 is 22.7 Å². The Bertz CT molecular complexity index is 814. The average molecular weight is 313 g/mol. The van der Waals surface area contributed by atoms with E-state index in [2.05, 4.69) is 9.82 Å². The van der Waals surface area contributed by atoms with Gasteiger partial charge in [-0.25, -0.2) is 17.6 Å². The molecule has 0 unspecified atom stereocenters. The number of nitrogens with one attached hydrogen (secondary N) is 1. The molecule has 9 heteroatoms. The first-order valence-corrected chi connectivity index (χ1v) is 7.25. The average Bonchev–Trinajstić information content (AvgIpc) is 2.66. The summed E-state index contributed by atoms with van der Waals surface area (Å²) >= 11 is 0. The van der Waals surface area contributed by atoms with Gasteiger partial charge in [-0.05, 0) is 25.1 Å². The van der Waals surface area contributed by atoms with Crippen molar-refractivity contribution >= 4 is 21.8 Å². The number of hydrogen-bond donors (Lipinski definition) is 2. The fourth-order valence-electron chi connectivity index (χ4n) is 1.75. The monoisotopic (exact) mass is 313 g/mol. The van der Waals surface area contributed by atoms with Crippen LogP contribution < -0.4 is 4.72 Å². The lowest BCUT2D eigenvalue weighted by Gasteiger charge is -2.09. The zero-order valence-electron chi connectivity index (χ0n) is 11.2. The van der Waals surface area contributed by atoms with E-state index >= 15 is 0 Å². The summed E-state index contributed by atoms with van der Waals surface area (Å²) in [5, 5.41) is 12.7. The van der Waals surface area contributed by atoms with Crippen LogP contribution in [0.2, 0.25) is 0 Å². The molecule has 0 spiro atoms. The molecule has 0 saturated heterocycles. The van der Waals surface area contributed by atoms with Gasteiger partial charge in [0.05, 0.1) is 11.3 Å². The normalized spacial score (nSPS) is 11.4. The fraction of sp³-hybridized carbons (Fsp3) is 0.167. The molecule has 112 valence electrons. The van der Waals surface area contributed by atoms with Gasteiger partial charge in [0.25, 0.3) is 10.0 Å². The molecule has 1 heterocycles. The van der Waals surface area contributed by atoms with Crippen molar-refractivity contribution in [3.05, 3.63) is 41.3 Å². The minimum atomic E-state index is -4.17. The molecule has 0 fully saturated rings. The number of anilines is 1. The van der Waals surface area contributed by atoms with Crippen molar-refractivity contribution in [2.24, 2.45) is 7.05 Å². The van der Waals surface area contributed by atoms with Crippen molar-refractivity contribution in [3.8, 4) is 0 Å². The van der Waals surface area contributed by atoms with Crippen LogP contribution in [0, 0.1) is 12.7 Å². The summed E-state index contributed by atoms with van der Waals surface area (Å²) in [7, 11) is -2.64. The molecule has 1 aromatic carbocycles. The van der Waals surface area contributed by atoms with Gasteiger partial charge in [-0.15, -0.1) is 0 Å². The van der Waals surface area contributed by atoms with Crippen LogP contribution in [0.25, 0.3) is 0 Å². The smallest absolute Gasteiger partial charge is 0.335 e. The van der Waals surface area contributed by atoms with Gasteiger partial charge in [0.1, 0.15) is 16.5 Å². The van der Waals surface area contributed by atoms with E-state index in [-0.39, 0.29) is 11.4 Å². The third-order valence-electron chi connectivity index (χ3n) is 2.71. The Labute approximate surface area is 120 Å². The highest BCUT2D eigenvalue weighted by Crippen LogP contribution is 2.20. The van der Waals surface area contributed by atoms with E-state index in [4.69, 9.17) is 5.11 Å². The molecule has 2 rings (SSSR count).